The van der Waals surface area contributed by atoms with Gasteiger partial charge in [0, 0.05) is 33.6 Å². The summed E-state index contributed by atoms with van der Waals surface area (Å²) >= 11 is 0. The summed E-state index contributed by atoms with van der Waals surface area (Å²) in [5.41, 5.74) is 0. The lowest BCUT2D eigenvalue weighted by atomic mass is 9.98. The SMILES string of the molecule is CN(C)S(=O)(=O)CCNC(=O)C1CCC(=O)NC1. The van der Waals surface area contributed by atoms with Gasteiger partial charge in [0.1, 0.15) is 0 Å². The van der Waals surface area contributed by atoms with Crippen LogP contribution in [-0.4, -0.2) is 57.5 Å². The van der Waals surface area contributed by atoms with Crippen LogP contribution in [-0.2, 0) is 19.6 Å². The van der Waals surface area contributed by atoms with Crippen LogP contribution in [0.25, 0.3) is 0 Å². The van der Waals surface area contributed by atoms with E-state index in [2.05, 4.69) is 10.6 Å². The summed E-state index contributed by atoms with van der Waals surface area (Å²) in [6.07, 6.45) is 0.853. The molecule has 7 nitrogen and oxygen atoms in total. The van der Waals surface area contributed by atoms with Crippen LogP contribution in [0.15, 0.2) is 0 Å². The predicted octanol–water partition coefficient (Wildman–Crippen LogP) is -1.48. The summed E-state index contributed by atoms with van der Waals surface area (Å²) in [6, 6.07) is 0. The van der Waals surface area contributed by atoms with Crippen LogP contribution in [0, 0.1) is 5.92 Å². The van der Waals surface area contributed by atoms with Crippen molar-refractivity contribution in [1.82, 2.24) is 14.9 Å². The molecule has 1 aliphatic heterocycles. The normalized spacial score (nSPS) is 20.6. The number of sulfonamides is 1. The molecule has 104 valence electrons. The zero-order valence-electron chi connectivity index (χ0n) is 10.6. The number of rotatable bonds is 5. The number of piperidine rings is 1. The van der Waals surface area contributed by atoms with Crippen LogP contribution in [0.4, 0.5) is 0 Å². The molecule has 18 heavy (non-hydrogen) atoms. The molecule has 0 saturated carbocycles. The number of carbonyl (C=O) groups is 2. The Morgan fingerprint density at radius 2 is 2.17 bits per heavy atom. The highest BCUT2D eigenvalue weighted by Crippen LogP contribution is 2.10. The third-order valence-electron chi connectivity index (χ3n) is 2.85. The van der Waals surface area contributed by atoms with E-state index in [1.807, 2.05) is 0 Å². The van der Waals surface area contributed by atoms with Gasteiger partial charge in [0.05, 0.1) is 11.7 Å². The van der Waals surface area contributed by atoms with Crippen molar-refractivity contribution in [3.63, 3.8) is 0 Å². The van der Waals surface area contributed by atoms with Gasteiger partial charge in [-0.1, -0.05) is 0 Å². The molecule has 0 aromatic rings. The Kier molecular flexibility index (Phi) is 5.09. The first-order valence-electron chi connectivity index (χ1n) is 5.77. The maximum atomic E-state index is 11.7. The quantitative estimate of drug-likeness (QED) is 0.640. The summed E-state index contributed by atoms with van der Waals surface area (Å²) < 4.78 is 24.0. The first kappa shape index (κ1) is 14.9. The highest BCUT2D eigenvalue weighted by molar-refractivity contribution is 7.89. The van der Waals surface area contributed by atoms with Gasteiger partial charge in [0.15, 0.2) is 0 Å². The fourth-order valence-corrected chi connectivity index (χ4v) is 2.31. The minimum Gasteiger partial charge on any atom is -0.355 e. The molecule has 1 rings (SSSR count). The molecule has 1 atom stereocenters. The molecule has 1 fully saturated rings. The smallest absolute Gasteiger partial charge is 0.224 e. The Hall–Kier alpha value is -1.15. The van der Waals surface area contributed by atoms with Gasteiger partial charge in [-0.15, -0.1) is 0 Å². The molecule has 1 saturated heterocycles. The third-order valence-corrected chi connectivity index (χ3v) is 4.68. The lowest BCUT2D eigenvalue weighted by molar-refractivity contribution is -0.128. The molecule has 1 heterocycles. The Bertz CT molecular complexity index is 409. The van der Waals surface area contributed by atoms with Gasteiger partial charge in [0.2, 0.25) is 21.8 Å². The van der Waals surface area contributed by atoms with Gasteiger partial charge in [-0.2, -0.15) is 0 Å². The molecular formula is C10H19N3O4S. The topological polar surface area (TPSA) is 95.6 Å². The molecule has 8 heteroatoms. The maximum absolute atomic E-state index is 11.7. The number of nitrogens with zero attached hydrogens (tertiary/aromatic N) is 1. The van der Waals surface area contributed by atoms with Gasteiger partial charge in [-0.05, 0) is 6.42 Å². The van der Waals surface area contributed by atoms with E-state index in [4.69, 9.17) is 0 Å². The summed E-state index contributed by atoms with van der Waals surface area (Å²) in [4.78, 5) is 22.6. The lowest BCUT2D eigenvalue weighted by Crippen LogP contribution is -2.44. The summed E-state index contributed by atoms with van der Waals surface area (Å²) in [5, 5.41) is 5.19. The zero-order valence-corrected chi connectivity index (χ0v) is 11.4. The second-order valence-corrected chi connectivity index (χ2v) is 6.73. The molecule has 0 radical (unpaired) electrons. The number of nitrogens with one attached hydrogen (secondary N) is 2. The Labute approximate surface area is 107 Å². The lowest BCUT2D eigenvalue weighted by Gasteiger charge is -2.21. The average molecular weight is 277 g/mol. The van der Waals surface area contributed by atoms with E-state index in [0.29, 0.717) is 19.4 Å². The fourth-order valence-electron chi connectivity index (χ4n) is 1.59. The second kappa shape index (κ2) is 6.14. The van der Waals surface area contributed by atoms with E-state index in [9.17, 15) is 18.0 Å². The number of amides is 2. The van der Waals surface area contributed by atoms with Crippen molar-refractivity contribution in [2.75, 3.05) is 32.9 Å². The Morgan fingerprint density at radius 1 is 1.50 bits per heavy atom. The van der Waals surface area contributed by atoms with Crippen molar-refractivity contribution in [2.24, 2.45) is 5.92 Å². The van der Waals surface area contributed by atoms with Crippen molar-refractivity contribution in [3.05, 3.63) is 0 Å². The fraction of sp³-hybridized carbons (Fsp3) is 0.800. The molecule has 0 aromatic heterocycles. The Morgan fingerprint density at radius 3 is 2.67 bits per heavy atom. The van der Waals surface area contributed by atoms with Crippen LogP contribution in [0.1, 0.15) is 12.8 Å². The molecule has 2 amide bonds. The maximum Gasteiger partial charge on any atom is 0.224 e. The monoisotopic (exact) mass is 277 g/mol. The molecule has 0 aliphatic carbocycles. The molecule has 0 spiro atoms. The van der Waals surface area contributed by atoms with Gasteiger partial charge in [-0.25, -0.2) is 12.7 Å². The van der Waals surface area contributed by atoms with E-state index in [1.165, 1.54) is 14.1 Å². The Balaban J connectivity index is 2.32. The second-order valence-electron chi connectivity index (χ2n) is 4.43. The van der Waals surface area contributed by atoms with Crippen LogP contribution >= 0.6 is 0 Å². The van der Waals surface area contributed by atoms with Crippen molar-refractivity contribution in [1.29, 1.82) is 0 Å². The first-order valence-corrected chi connectivity index (χ1v) is 7.38. The minimum absolute atomic E-state index is 0.0470. The predicted molar refractivity (Wildman–Crippen MR) is 66.2 cm³/mol. The third kappa shape index (κ3) is 4.26. The van der Waals surface area contributed by atoms with Gasteiger partial charge in [-0.3, -0.25) is 9.59 Å². The zero-order chi connectivity index (χ0) is 13.8. The molecule has 0 bridgehead atoms. The van der Waals surface area contributed by atoms with Crippen molar-refractivity contribution in [2.45, 2.75) is 12.8 Å². The van der Waals surface area contributed by atoms with Crippen LogP contribution in [0.5, 0.6) is 0 Å². The van der Waals surface area contributed by atoms with Crippen LogP contribution in [0.3, 0.4) is 0 Å². The molecule has 0 aromatic carbocycles. The van der Waals surface area contributed by atoms with Crippen LogP contribution in [0.2, 0.25) is 0 Å². The highest BCUT2D eigenvalue weighted by atomic mass is 32.2. The van der Waals surface area contributed by atoms with Crippen molar-refractivity contribution in [3.8, 4) is 0 Å². The van der Waals surface area contributed by atoms with Crippen molar-refractivity contribution < 1.29 is 18.0 Å². The summed E-state index contributed by atoms with van der Waals surface area (Å²) in [7, 11) is -0.380. The van der Waals surface area contributed by atoms with Crippen LogP contribution < -0.4 is 10.6 Å². The first-order chi connectivity index (χ1) is 8.33. The van der Waals surface area contributed by atoms with Gasteiger partial charge < -0.3 is 10.6 Å². The minimum atomic E-state index is -3.28. The molecule has 1 unspecified atom stereocenters. The largest absolute Gasteiger partial charge is 0.355 e. The average Bonchev–Trinajstić information content (AvgIpc) is 2.29. The van der Waals surface area contributed by atoms with Gasteiger partial charge in [0.25, 0.3) is 0 Å². The van der Waals surface area contributed by atoms with Gasteiger partial charge >= 0.3 is 0 Å². The summed E-state index contributed by atoms with van der Waals surface area (Å²) in [5.74, 6) is -0.631. The molecular weight excluding hydrogens is 258 g/mol. The molecule has 2 N–H and O–H groups in total. The van der Waals surface area contributed by atoms with Crippen molar-refractivity contribution >= 4 is 21.8 Å². The van der Waals surface area contributed by atoms with E-state index in [-0.39, 0.29) is 30.0 Å². The molecule has 1 aliphatic rings. The number of hydrogen-bond acceptors (Lipinski definition) is 4. The van der Waals surface area contributed by atoms with E-state index < -0.39 is 10.0 Å². The van der Waals surface area contributed by atoms with E-state index >= 15 is 0 Å². The summed E-state index contributed by atoms with van der Waals surface area (Å²) in [6.45, 7) is 0.412. The number of carbonyl (C=O) groups excluding carboxylic acids is 2. The standard InChI is InChI=1S/C10H19N3O4S/c1-13(2)18(16,17)6-5-11-10(15)8-3-4-9(14)12-7-8/h8H,3-7H2,1-2H3,(H,11,15)(H,12,14). The van der Waals surface area contributed by atoms with E-state index in [0.717, 1.165) is 4.31 Å². The van der Waals surface area contributed by atoms with E-state index in [1.54, 1.807) is 0 Å². The number of hydrogen-bond donors (Lipinski definition) is 2. The highest BCUT2D eigenvalue weighted by Gasteiger charge is 2.24.